The second kappa shape index (κ2) is 3.86. The lowest BCUT2D eigenvalue weighted by Gasteiger charge is -2.02. The lowest BCUT2D eigenvalue weighted by Crippen LogP contribution is -1.99. The van der Waals surface area contributed by atoms with Gasteiger partial charge in [-0.1, -0.05) is 23.2 Å². The van der Waals surface area contributed by atoms with E-state index in [0.717, 1.165) is 12.1 Å². The zero-order chi connectivity index (χ0) is 10.9. The van der Waals surface area contributed by atoms with E-state index in [1.54, 1.807) is 0 Å². The summed E-state index contributed by atoms with van der Waals surface area (Å²) in [5.41, 5.74) is -0.0909. The zero-order valence-corrected chi connectivity index (χ0v) is 8.90. The van der Waals surface area contributed by atoms with Gasteiger partial charge in [-0.2, -0.15) is 8.42 Å². The van der Waals surface area contributed by atoms with Crippen LogP contribution in [-0.2, 0) is 10.1 Å². The fraction of sp³-hybridized carbons (Fsp3) is 0. The second-order valence-corrected chi connectivity index (χ2v) is 4.61. The Kier molecular flexibility index (Phi) is 3.16. The van der Waals surface area contributed by atoms with Crippen LogP contribution in [0.5, 0.6) is 0 Å². The van der Waals surface area contributed by atoms with Gasteiger partial charge in [-0.3, -0.25) is 9.35 Å². The van der Waals surface area contributed by atoms with E-state index in [-0.39, 0.29) is 15.6 Å². The number of hydrogen-bond donors (Lipinski definition) is 1. The number of hydrogen-bond acceptors (Lipinski definition) is 3. The van der Waals surface area contributed by atoms with Gasteiger partial charge in [0.1, 0.15) is 0 Å². The first-order valence-corrected chi connectivity index (χ1v) is 5.47. The molecular formula is C7H4Cl2O4S. The van der Waals surface area contributed by atoms with E-state index in [0.29, 0.717) is 6.29 Å². The number of aldehydes is 1. The largest absolute Gasteiger partial charge is 0.298 e. The third kappa shape index (κ3) is 2.24. The van der Waals surface area contributed by atoms with Crippen molar-refractivity contribution in [1.29, 1.82) is 0 Å². The van der Waals surface area contributed by atoms with Crippen LogP contribution in [-0.4, -0.2) is 19.3 Å². The highest BCUT2D eigenvalue weighted by Gasteiger charge is 2.14. The maximum absolute atomic E-state index is 10.7. The SMILES string of the molecule is O=Cc1cc(S(=O)(=O)O)cc(Cl)c1Cl. The van der Waals surface area contributed by atoms with Crippen molar-refractivity contribution >= 4 is 39.6 Å². The maximum atomic E-state index is 10.7. The summed E-state index contributed by atoms with van der Waals surface area (Å²) < 4.78 is 30.1. The molecular weight excluding hydrogens is 251 g/mol. The zero-order valence-electron chi connectivity index (χ0n) is 6.57. The molecule has 1 aromatic rings. The van der Waals surface area contributed by atoms with Crippen molar-refractivity contribution in [2.24, 2.45) is 0 Å². The molecule has 1 N–H and O–H groups in total. The minimum Gasteiger partial charge on any atom is -0.298 e. The summed E-state index contributed by atoms with van der Waals surface area (Å²) in [4.78, 5) is 9.98. The van der Waals surface area contributed by atoms with Crippen molar-refractivity contribution in [2.45, 2.75) is 4.90 Å². The number of benzene rings is 1. The Labute approximate surface area is 90.2 Å². The van der Waals surface area contributed by atoms with Crippen molar-refractivity contribution in [3.63, 3.8) is 0 Å². The van der Waals surface area contributed by atoms with E-state index >= 15 is 0 Å². The molecule has 0 saturated heterocycles. The van der Waals surface area contributed by atoms with Crippen LogP contribution in [0.2, 0.25) is 10.0 Å². The molecule has 0 aliphatic heterocycles. The predicted molar refractivity (Wildman–Crippen MR) is 51.7 cm³/mol. The van der Waals surface area contributed by atoms with Gasteiger partial charge in [0.2, 0.25) is 0 Å². The molecule has 0 heterocycles. The average molecular weight is 255 g/mol. The summed E-state index contributed by atoms with van der Waals surface area (Å²) in [6.45, 7) is 0. The van der Waals surface area contributed by atoms with Crippen molar-refractivity contribution in [2.75, 3.05) is 0 Å². The standard InChI is InChI=1S/C7H4Cl2O4S/c8-6-2-5(14(11,12)13)1-4(3-10)7(6)9/h1-3H,(H,11,12,13). The van der Waals surface area contributed by atoms with Gasteiger partial charge >= 0.3 is 0 Å². The summed E-state index contributed by atoms with van der Waals surface area (Å²) in [5.74, 6) is 0. The van der Waals surface area contributed by atoms with Crippen molar-refractivity contribution < 1.29 is 17.8 Å². The number of halogens is 2. The van der Waals surface area contributed by atoms with Crippen LogP contribution in [0.25, 0.3) is 0 Å². The fourth-order valence-corrected chi connectivity index (χ4v) is 1.81. The average Bonchev–Trinajstić information content (AvgIpc) is 2.07. The van der Waals surface area contributed by atoms with Crippen LogP contribution in [0.15, 0.2) is 17.0 Å². The molecule has 0 bridgehead atoms. The van der Waals surface area contributed by atoms with E-state index in [9.17, 15) is 13.2 Å². The van der Waals surface area contributed by atoms with Crippen LogP contribution in [0.4, 0.5) is 0 Å². The molecule has 0 unspecified atom stereocenters. The molecule has 4 nitrogen and oxygen atoms in total. The smallest absolute Gasteiger partial charge is 0.294 e. The van der Waals surface area contributed by atoms with E-state index in [2.05, 4.69) is 0 Å². The Morgan fingerprint density at radius 3 is 2.29 bits per heavy atom. The minimum atomic E-state index is -4.38. The highest BCUT2D eigenvalue weighted by Crippen LogP contribution is 2.28. The van der Waals surface area contributed by atoms with Crippen molar-refractivity contribution in [3.8, 4) is 0 Å². The van der Waals surface area contributed by atoms with E-state index < -0.39 is 15.0 Å². The molecule has 0 atom stereocenters. The molecule has 0 aliphatic rings. The number of rotatable bonds is 2. The predicted octanol–water partition coefficient (Wildman–Crippen LogP) is 2.05. The normalized spacial score (nSPS) is 11.4. The van der Waals surface area contributed by atoms with Gasteiger partial charge in [0.15, 0.2) is 6.29 Å². The molecule has 0 radical (unpaired) electrons. The van der Waals surface area contributed by atoms with Gasteiger partial charge in [-0.25, -0.2) is 0 Å². The monoisotopic (exact) mass is 254 g/mol. The van der Waals surface area contributed by atoms with Crippen LogP contribution < -0.4 is 0 Å². The first-order chi connectivity index (χ1) is 6.36. The van der Waals surface area contributed by atoms with Crippen molar-refractivity contribution in [3.05, 3.63) is 27.7 Å². The van der Waals surface area contributed by atoms with Gasteiger partial charge < -0.3 is 0 Å². The van der Waals surface area contributed by atoms with E-state index in [1.807, 2.05) is 0 Å². The molecule has 0 spiro atoms. The topological polar surface area (TPSA) is 71.4 Å². The third-order valence-corrected chi connectivity index (χ3v) is 3.10. The lowest BCUT2D eigenvalue weighted by atomic mass is 10.2. The summed E-state index contributed by atoms with van der Waals surface area (Å²) >= 11 is 11.1. The molecule has 14 heavy (non-hydrogen) atoms. The fourth-order valence-electron chi connectivity index (χ4n) is 0.819. The quantitative estimate of drug-likeness (QED) is 0.648. The highest BCUT2D eigenvalue weighted by molar-refractivity contribution is 7.85. The highest BCUT2D eigenvalue weighted by atomic mass is 35.5. The molecule has 0 aliphatic carbocycles. The molecule has 76 valence electrons. The number of carbonyl (C=O) groups is 1. The van der Waals surface area contributed by atoms with Crippen LogP contribution in [0.3, 0.4) is 0 Å². The molecule has 0 fully saturated rings. The van der Waals surface area contributed by atoms with Gasteiger partial charge in [-0.15, -0.1) is 0 Å². The van der Waals surface area contributed by atoms with E-state index in [1.165, 1.54) is 0 Å². The summed E-state index contributed by atoms with van der Waals surface area (Å²) in [6, 6.07) is 1.91. The Morgan fingerprint density at radius 2 is 1.86 bits per heavy atom. The Morgan fingerprint density at radius 1 is 1.29 bits per heavy atom. The molecule has 0 amide bonds. The molecule has 7 heteroatoms. The lowest BCUT2D eigenvalue weighted by molar-refractivity contribution is 0.112. The summed E-state index contributed by atoms with van der Waals surface area (Å²) in [5, 5.41) is -0.155. The molecule has 1 aromatic carbocycles. The first kappa shape index (κ1) is 11.5. The van der Waals surface area contributed by atoms with Crippen LogP contribution in [0, 0.1) is 0 Å². The number of carbonyl (C=O) groups excluding carboxylic acids is 1. The molecule has 0 aromatic heterocycles. The Bertz CT molecular complexity index is 481. The van der Waals surface area contributed by atoms with Gasteiger partial charge in [-0.05, 0) is 12.1 Å². The van der Waals surface area contributed by atoms with Gasteiger partial charge in [0, 0.05) is 5.56 Å². The van der Waals surface area contributed by atoms with Crippen LogP contribution in [0.1, 0.15) is 10.4 Å². The second-order valence-electron chi connectivity index (χ2n) is 2.40. The van der Waals surface area contributed by atoms with Crippen LogP contribution >= 0.6 is 23.2 Å². The van der Waals surface area contributed by atoms with Crippen molar-refractivity contribution in [1.82, 2.24) is 0 Å². The third-order valence-electron chi connectivity index (χ3n) is 1.45. The molecule has 1 rings (SSSR count). The van der Waals surface area contributed by atoms with Gasteiger partial charge in [0.25, 0.3) is 10.1 Å². The minimum absolute atomic E-state index is 0.0472. The first-order valence-electron chi connectivity index (χ1n) is 3.28. The van der Waals surface area contributed by atoms with Gasteiger partial charge in [0.05, 0.1) is 14.9 Å². The molecule has 0 saturated carbocycles. The van der Waals surface area contributed by atoms with E-state index in [4.69, 9.17) is 27.8 Å². The Hall–Kier alpha value is -0.620. The summed E-state index contributed by atoms with van der Waals surface area (Å²) in [6.07, 6.45) is 0.350. The summed E-state index contributed by atoms with van der Waals surface area (Å²) in [7, 11) is -4.38. The Balaban J connectivity index is 3.53. The maximum Gasteiger partial charge on any atom is 0.294 e.